The van der Waals surface area contributed by atoms with E-state index in [1.54, 1.807) is 11.0 Å². The molecular weight excluding hydrogens is 496 g/mol. The lowest BCUT2D eigenvalue weighted by Gasteiger charge is -2.21. The van der Waals surface area contributed by atoms with E-state index in [4.69, 9.17) is 16.3 Å². The lowest BCUT2D eigenvalue weighted by Crippen LogP contribution is -2.55. The highest BCUT2D eigenvalue weighted by molar-refractivity contribution is 7.91. The molecule has 3 amide bonds. The van der Waals surface area contributed by atoms with Gasteiger partial charge >= 0.3 is 6.09 Å². The van der Waals surface area contributed by atoms with Crippen LogP contribution >= 0.6 is 11.6 Å². The van der Waals surface area contributed by atoms with Crippen LogP contribution < -0.4 is 15.4 Å². The van der Waals surface area contributed by atoms with Crippen molar-refractivity contribution in [1.82, 2.24) is 20.3 Å². The highest BCUT2D eigenvalue weighted by Crippen LogP contribution is 2.46. The molecule has 4 aliphatic rings. The summed E-state index contributed by atoms with van der Waals surface area (Å²) in [5, 5.41) is 5.94. The molecule has 2 aliphatic heterocycles. The van der Waals surface area contributed by atoms with Gasteiger partial charge in [0, 0.05) is 24.5 Å². The van der Waals surface area contributed by atoms with Crippen LogP contribution in [-0.2, 0) is 37.4 Å². The Morgan fingerprint density at radius 1 is 1.26 bits per heavy atom. The molecule has 0 radical (unpaired) electrons. The van der Waals surface area contributed by atoms with Crippen molar-refractivity contribution in [3.63, 3.8) is 0 Å². The summed E-state index contributed by atoms with van der Waals surface area (Å²) < 4.78 is 32.3. The van der Waals surface area contributed by atoms with Crippen molar-refractivity contribution in [3.8, 4) is 0 Å². The van der Waals surface area contributed by atoms with E-state index in [2.05, 4.69) is 15.4 Å². The SMILES string of the molecule is CCC1CC1(NC(=O)[C@@H]1C[C@@H](OC(=O)N2Cc3cccc(Cl)c3C2)CN1)C(=O)NS(=O)(=O)C1CC1. The number of sulfonamides is 1. The van der Waals surface area contributed by atoms with Gasteiger partial charge in [-0.3, -0.25) is 19.2 Å². The highest BCUT2D eigenvalue weighted by atomic mass is 35.5. The number of benzene rings is 1. The minimum atomic E-state index is -3.71. The van der Waals surface area contributed by atoms with E-state index in [1.807, 2.05) is 19.1 Å². The van der Waals surface area contributed by atoms with Gasteiger partial charge in [-0.25, -0.2) is 13.2 Å². The Labute approximate surface area is 209 Å². The number of halogens is 1. The molecule has 2 saturated carbocycles. The van der Waals surface area contributed by atoms with Gasteiger partial charge in [0.15, 0.2) is 0 Å². The summed E-state index contributed by atoms with van der Waals surface area (Å²) in [6, 6.07) is 4.91. The quantitative estimate of drug-likeness (QED) is 0.491. The second-order valence-electron chi connectivity index (χ2n) is 9.88. The number of rotatable bonds is 7. The first-order valence-corrected chi connectivity index (χ1v) is 13.9. The number of nitrogens with zero attached hydrogens (tertiary/aromatic N) is 1. The Bertz CT molecular complexity index is 1170. The molecule has 5 rings (SSSR count). The fourth-order valence-electron chi connectivity index (χ4n) is 5.02. The monoisotopic (exact) mass is 524 g/mol. The van der Waals surface area contributed by atoms with Crippen LogP contribution in [0.3, 0.4) is 0 Å². The van der Waals surface area contributed by atoms with Gasteiger partial charge in [-0.05, 0) is 42.4 Å². The fraction of sp³-hybridized carbons (Fsp3) is 0.609. The molecular formula is C23H29ClN4O6S. The Kier molecular flexibility index (Phi) is 6.21. The van der Waals surface area contributed by atoms with Crippen molar-refractivity contribution in [2.75, 3.05) is 6.54 Å². The Morgan fingerprint density at radius 3 is 2.69 bits per heavy atom. The number of carbonyl (C=O) groups is 3. The van der Waals surface area contributed by atoms with E-state index < -0.39 is 50.9 Å². The summed E-state index contributed by atoms with van der Waals surface area (Å²) in [5.74, 6) is -1.20. The van der Waals surface area contributed by atoms with Crippen LogP contribution in [0.1, 0.15) is 50.2 Å². The third-order valence-electron chi connectivity index (χ3n) is 7.41. The van der Waals surface area contributed by atoms with Crippen LogP contribution in [0.2, 0.25) is 5.02 Å². The number of fused-ring (bicyclic) bond motifs is 1. The lowest BCUT2D eigenvalue weighted by atomic mass is 10.1. The molecule has 3 N–H and O–H groups in total. The molecule has 3 fully saturated rings. The second-order valence-corrected chi connectivity index (χ2v) is 12.2. The number of nitrogens with one attached hydrogen (secondary N) is 3. The predicted octanol–water partition coefficient (Wildman–Crippen LogP) is 1.42. The summed E-state index contributed by atoms with van der Waals surface area (Å²) in [4.78, 5) is 40.1. The minimum absolute atomic E-state index is 0.125. The number of ether oxygens (including phenoxy) is 1. The lowest BCUT2D eigenvalue weighted by molar-refractivity contribution is -0.130. The summed E-state index contributed by atoms with van der Waals surface area (Å²) in [7, 11) is -3.71. The molecule has 12 heteroatoms. The third-order valence-corrected chi connectivity index (χ3v) is 9.58. The van der Waals surface area contributed by atoms with Crippen LogP contribution in [0.4, 0.5) is 4.79 Å². The van der Waals surface area contributed by atoms with Crippen LogP contribution in [0.5, 0.6) is 0 Å². The van der Waals surface area contributed by atoms with E-state index in [-0.39, 0.29) is 12.3 Å². The zero-order chi connectivity index (χ0) is 25.0. The average molecular weight is 525 g/mol. The van der Waals surface area contributed by atoms with Crippen molar-refractivity contribution in [2.45, 2.75) is 75.1 Å². The molecule has 10 nitrogen and oxygen atoms in total. The predicted molar refractivity (Wildman–Crippen MR) is 127 cm³/mol. The Hall–Kier alpha value is -2.37. The summed E-state index contributed by atoms with van der Waals surface area (Å²) in [5.41, 5.74) is 0.679. The zero-order valence-corrected chi connectivity index (χ0v) is 21.0. The van der Waals surface area contributed by atoms with Gasteiger partial charge in [0.2, 0.25) is 15.9 Å². The van der Waals surface area contributed by atoms with Crippen LogP contribution in [-0.4, -0.2) is 60.7 Å². The first kappa shape index (κ1) is 24.3. The Balaban J connectivity index is 1.15. The van der Waals surface area contributed by atoms with Gasteiger partial charge in [-0.15, -0.1) is 0 Å². The molecule has 0 bridgehead atoms. The van der Waals surface area contributed by atoms with Crippen LogP contribution in [0, 0.1) is 5.92 Å². The third kappa shape index (κ3) is 4.73. The van der Waals surface area contributed by atoms with E-state index in [1.165, 1.54) is 0 Å². The van der Waals surface area contributed by atoms with Gasteiger partial charge < -0.3 is 15.4 Å². The average Bonchev–Trinajstić information content (AvgIpc) is 3.69. The molecule has 1 aromatic carbocycles. The van der Waals surface area contributed by atoms with E-state index in [9.17, 15) is 22.8 Å². The van der Waals surface area contributed by atoms with Gasteiger partial charge in [-0.1, -0.05) is 37.1 Å². The van der Waals surface area contributed by atoms with Crippen molar-refractivity contribution in [3.05, 3.63) is 34.3 Å². The first-order chi connectivity index (χ1) is 16.6. The maximum absolute atomic E-state index is 13.0. The molecule has 4 atom stereocenters. The summed E-state index contributed by atoms with van der Waals surface area (Å²) >= 11 is 6.22. The standard InChI is InChI=1S/C23H29ClN4O6S/c1-2-14-9-23(14,21(30)27-35(32,33)16-6-7-16)26-20(29)19-8-15(10-25-19)34-22(31)28-11-13-4-3-5-18(24)17(13)12-28/h3-5,14-16,19,25H,2,6-12H2,1H3,(H,26,29)(H,27,30)/t14?,15-,19+,23?/m1/s1. The normalized spacial score (nSPS) is 29.4. The van der Waals surface area contributed by atoms with E-state index >= 15 is 0 Å². The molecule has 2 unspecified atom stereocenters. The van der Waals surface area contributed by atoms with Gasteiger partial charge in [0.25, 0.3) is 5.91 Å². The highest BCUT2D eigenvalue weighted by Gasteiger charge is 2.61. The van der Waals surface area contributed by atoms with E-state index in [0.717, 1.165) is 11.1 Å². The van der Waals surface area contributed by atoms with Crippen molar-refractivity contribution in [2.24, 2.45) is 5.92 Å². The summed E-state index contributed by atoms with van der Waals surface area (Å²) in [6.45, 7) is 2.99. The van der Waals surface area contributed by atoms with E-state index in [0.29, 0.717) is 50.3 Å². The molecule has 0 aromatic heterocycles. The van der Waals surface area contributed by atoms with Crippen LogP contribution in [0.15, 0.2) is 18.2 Å². The smallest absolute Gasteiger partial charge is 0.410 e. The van der Waals surface area contributed by atoms with Gasteiger partial charge in [-0.2, -0.15) is 0 Å². The first-order valence-electron chi connectivity index (χ1n) is 12.0. The molecule has 2 aliphatic carbocycles. The zero-order valence-electron chi connectivity index (χ0n) is 19.4. The maximum Gasteiger partial charge on any atom is 0.410 e. The maximum atomic E-state index is 13.0. The fourth-order valence-corrected chi connectivity index (χ4v) is 6.64. The molecule has 35 heavy (non-hydrogen) atoms. The molecule has 2 heterocycles. The molecule has 1 saturated heterocycles. The number of amides is 3. The Morgan fingerprint density at radius 2 is 2.03 bits per heavy atom. The van der Waals surface area contributed by atoms with Gasteiger partial charge in [0.1, 0.15) is 11.6 Å². The number of hydrogen-bond donors (Lipinski definition) is 3. The van der Waals surface area contributed by atoms with Crippen molar-refractivity contribution in [1.29, 1.82) is 0 Å². The largest absolute Gasteiger partial charge is 0.445 e. The van der Waals surface area contributed by atoms with Gasteiger partial charge in [0.05, 0.1) is 17.8 Å². The topological polar surface area (TPSA) is 134 Å². The van der Waals surface area contributed by atoms with Crippen LogP contribution in [0.25, 0.3) is 0 Å². The second kappa shape index (κ2) is 8.94. The molecule has 1 aromatic rings. The number of carbonyl (C=O) groups excluding carboxylic acids is 3. The van der Waals surface area contributed by atoms with Crippen molar-refractivity contribution >= 4 is 39.5 Å². The minimum Gasteiger partial charge on any atom is -0.445 e. The molecule has 190 valence electrons. The molecule has 0 spiro atoms. The summed E-state index contributed by atoms with van der Waals surface area (Å²) in [6.07, 6.45) is 1.40. The van der Waals surface area contributed by atoms with Crippen molar-refractivity contribution < 1.29 is 27.5 Å². The number of hydrogen-bond acceptors (Lipinski definition) is 7.